The minimum absolute atomic E-state index is 0.284. The Hall–Kier alpha value is -0.900. The second-order valence-electron chi connectivity index (χ2n) is 3.92. The fourth-order valence-corrected chi connectivity index (χ4v) is 1.44. The predicted octanol–water partition coefficient (Wildman–Crippen LogP) is 1.54. The van der Waals surface area contributed by atoms with E-state index < -0.39 is 0 Å². The third-order valence-corrected chi connectivity index (χ3v) is 2.48. The van der Waals surface area contributed by atoms with Gasteiger partial charge in [0.1, 0.15) is 0 Å². The standard InChI is InChI=1S/C11H19N3/c1-7(2)9-5-4-8(3)10(6-9)11(12)14-13/h4-7,11,14H,12-13H2,1-3H3. The molecule has 5 N–H and O–H groups in total. The van der Waals surface area contributed by atoms with Gasteiger partial charge in [-0.1, -0.05) is 32.0 Å². The molecular formula is C11H19N3. The van der Waals surface area contributed by atoms with Crippen LogP contribution in [0.15, 0.2) is 18.2 Å². The molecule has 0 spiro atoms. The van der Waals surface area contributed by atoms with Crippen molar-refractivity contribution in [1.29, 1.82) is 0 Å². The van der Waals surface area contributed by atoms with Crippen LogP contribution >= 0.6 is 0 Å². The van der Waals surface area contributed by atoms with E-state index in [-0.39, 0.29) is 6.17 Å². The lowest BCUT2D eigenvalue weighted by molar-refractivity contribution is 0.573. The van der Waals surface area contributed by atoms with Gasteiger partial charge in [0, 0.05) is 0 Å². The van der Waals surface area contributed by atoms with E-state index >= 15 is 0 Å². The molecule has 0 aromatic heterocycles. The highest BCUT2D eigenvalue weighted by Crippen LogP contribution is 2.20. The number of nitrogens with two attached hydrogens (primary N) is 2. The Labute approximate surface area is 85.5 Å². The SMILES string of the molecule is Cc1ccc(C(C)C)cc1C(N)NN. The Morgan fingerprint density at radius 3 is 2.43 bits per heavy atom. The highest BCUT2D eigenvalue weighted by molar-refractivity contribution is 5.34. The van der Waals surface area contributed by atoms with Crippen LogP contribution in [0.25, 0.3) is 0 Å². The summed E-state index contributed by atoms with van der Waals surface area (Å²) in [6.07, 6.45) is -0.284. The van der Waals surface area contributed by atoms with E-state index in [0.29, 0.717) is 5.92 Å². The Morgan fingerprint density at radius 2 is 1.93 bits per heavy atom. The number of hydrogen-bond acceptors (Lipinski definition) is 3. The molecule has 1 rings (SSSR count). The number of rotatable bonds is 3. The zero-order valence-corrected chi connectivity index (χ0v) is 9.04. The lowest BCUT2D eigenvalue weighted by atomic mass is 9.97. The van der Waals surface area contributed by atoms with Crippen molar-refractivity contribution in [3.05, 3.63) is 34.9 Å². The van der Waals surface area contributed by atoms with Crippen molar-refractivity contribution >= 4 is 0 Å². The minimum atomic E-state index is -0.284. The molecule has 0 fully saturated rings. The third kappa shape index (κ3) is 2.32. The number of benzene rings is 1. The number of hydrazine groups is 1. The minimum Gasteiger partial charge on any atom is -0.311 e. The van der Waals surface area contributed by atoms with Crippen LogP contribution in [-0.2, 0) is 0 Å². The van der Waals surface area contributed by atoms with Crippen molar-refractivity contribution in [3.63, 3.8) is 0 Å². The van der Waals surface area contributed by atoms with E-state index in [2.05, 4.69) is 37.5 Å². The fourth-order valence-electron chi connectivity index (χ4n) is 1.44. The normalized spacial score (nSPS) is 13.3. The lowest BCUT2D eigenvalue weighted by Crippen LogP contribution is -2.34. The van der Waals surface area contributed by atoms with Gasteiger partial charge in [0.25, 0.3) is 0 Å². The maximum Gasteiger partial charge on any atom is 0.0938 e. The van der Waals surface area contributed by atoms with E-state index in [1.807, 2.05) is 6.92 Å². The van der Waals surface area contributed by atoms with Gasteiger partial charge in [0.05, 0.1) is 6.17 Å². The monoisotopic (exact) mass is 193 g/mol. The number of hydrogen-bond donors (Lipinski definition) is 3. The van der Waals surface area contributed by atoms with Gasteiger partial charge < -0.3 is 5.73 Å². The Kier molecular flexibility index (Phi) is 3.63. The second kappa shape index (κ2) is 4.55. The van der Waals surface area contributed by atoms with Crippen LogP contribution in [0.1, 0.15) is 42.6 Å². The topological polar surface area (TPSA) is 64.1 Å². The molecule has 0 heterocycles. The van der Waals surface area contributed by atoms with Crippen molar-refractivity contribution in [1.82, 2.24) is 5.43 Å². The first-order valence-electron chi connectivity index (χ1n) is 4.88. The molecule has 0 aliphatic rings. The smallest absolute Gasteiger partial charge is 0.0938 e. The van der Waals surface area contributed by atoms with Gasteiger partial charge in [-0.2, -0.15) is 0 Å². The summed E-state index contributed by atoms with van der Waals surface area (Å²) < 4.78 is 0. The maximum atomic E-state index is 5.83. The van der Waals surface area contributed by atoms with Gasteiger partial charge in [0.2, 0.25) is 0 Å². The van der Waals surface area contributed by atoms with Crippen LogP contribution in [-0.4, -0.2) is 0 Å². The number of nitrogens with one attached hydrogen (secondary N) is 1. The molecule has 1 atom stereocenters. The molecule has 14 heavy (non-hydrogen) atoms. The molecule has 1 aromatic carbocycles. The fraction of sp³-hybridized carbons (Fsp3) is 0.455. The molecule has 0 aliphatic heterocycles. The van der Waals surface area contributed by atoms with Crippen LogP contribution < -0.4 is 17.0 Å². The van der Waals surface area contributed by atoms with E-state index in [4.69, 9.17) is 11.6 Å². The lowest BCUT2D eigenvalue weighted by Gasteiger charge is -2.16. The molecule has 0 amide bonds. The summed E-state index contributed by atoms with van der Waals surface area (Å²) in [6, 6.07) is 6.33. The molecule has 1 unspecified atom stereocenters. The molecule has 0 bridgehead atoms. The largest absolute Gasteiger partial charge is 0.311 e. The van der Waals surface area contributed by atoms with E-state index in [1.165, 1.54) is 11.1 Å². The highest BCUT2D eigenvalue weighted by Gasteiger charge is 2.08. The molecule has 1 aromatic rings. The summed E-state index contributed by atoms with van der Waals surface area (Å²) in [4.78, 5) is 0. The van der Waals surface area contributed by atoms with Gasteiger partial charge >= 0.3 is 0 Å². The van der Waals surface area contributed by atoms with Gasteiger partial charge in [-0.25, -0.2) is 5.43 Å². The van der Waals surface area contributed by atoms with E-state index in [9.17, 15) is 0 Å². The van der Waals surface area contributed by atoms with Crippen LogP contribution in [0.2, 0.25) is 0 Å². The zero-order chi connectivity index (χ0) is 10.7. The number of aryl methyl sites for hydroxylation is 1. The molecule has 0 saturated heterocycles. The first-order valence-corrected chi connectivity index (χ1v) is 4.88. The van der Waals surface area contributed by atoms with Gasteiger partial charge in [-0.3, -0.25) is 5.84 Å². The van der Waals surface area contributed by atoms with Crippen molar-refractivity contribution in [2.75, 3.05) is 0 Å². The summed E-state index contributed by atoms with van der Waals surface area (Å²) in [5, 5.41) is 0. The van der Waals surface area contributed by atoms with Crippen LogP contribution in [0, 0.1) is 6.92 Å². The summed E-state index contributed by atoms with van der Waals surface area (Å²) >= 11 is 0. The zero-order valence-electron chi connectivity index (χ0n) is 9.04. The molecule has 0 aliphatic carbocycles. The molecule has 3 heteroatoms. The van der Waals surface area contributed by atoms with Crippen molar-refractivity contribution < 1.29 is 0 Å². The molecular weight excluding hydrogens is 174 g/mol. The first-order chi connectivity index (χ1) is 6.56. The third-order valence-electron chi connectivity index (χ3n) is 2.48. The summed E-state index contributed by atoms with van der Waals surface area (Å²) in [5.41, 5.74) is 11.9. The Balaban J connectivity index is 3.08. The average Bonchev–Trinajstić information content (AvgIpc) is 2.17. The predicted molar refractivity (Wildman–Crippen MR) is 59.5 cm³/mol. The molecule has 78 valence electrons. The van der Waals surface area contributed by atoms with Crippen LogP contribution in [0.5, 0.6) is 0 Å². The first kappa shape index (κ1) is 11.2. The molecule has 0 radical (unpaired) electrons. The Bertz CT molecular complexity index is 307. The van der Waals surface area contributed by atoms with Gasteiger partial charge in [0.15, 0.2) is 0 Å². The van der Waals surface area contributed by atoms with Crippen molar-refractivity contribution in [3.8, 4) is 0 Å². The van der Waals surface area contributed by atoms with Crippen LogP contribution in [0.4, 0.5) is 0 Å². The summed E-state index contributed by atoms with van der Waals surface area (Å²) in [5.74, 6) is 5.84. The Morgan fingerprint density at radius 1 is 1.29 bits per heavy atom. The van der Waals surface area contributed by atoms with Crippen LogP contribution in [0.3, 0.4) is 0 Å². The van der Waals surface area contributed by atoms with Gasteiger partial charge in [-0.15, -0.1) is 0 Å². The summed E-state index contributed by atoms with van der Waals surface area (Å²) in [6.45, 7) is 6.36. The maximum absolute atomic E-state index is 5.83. The molecule has 3 nitrogen and oxygen atoms in total. The highest BCUT2D eigenvalue weighted by atomic mass is 15.3. The van der Waals surface area contributed by atoms with E-state index in [1.54, 1.807) is 0 Å². The molecule has 0 saturated carbocycles. The van der Waals surface area contributed by atoms with Crippen molar-refractivity contribution in [2.45, 2.75) is 32.9 Å². The average molecular weight is 193 g/mol. The second-order valence-corrected chi connectivity index (χ2v) is 3.92. The quantitative estimate of drug-likeness (QED) is 0.387. The van der Waals surface area contributed by atoms with E-state index in [0.717, 1.165) is 5.56 Å². The summed E-state index contributed by atoms with van der Waals surface area (Å²) in [7, 11) is 0. The van der Waals surface area contributed by atoms with Crippen molar-refractivity contribution in [2.24, 2.45) is 11.6 Å². The van der Waals surface area contributed by atoms with Gasteiger partial charge in [-0.05, 0) is 29.5 Å².